The van der Waals surface area contributed by atoms with Crippen LogP contribution in [0.15, 0.2) is 34.9 Å². The van der Waals surface area contributed by atoms with Gasteiger partial charge in [-0.05, 0) is 12.1 Å². The number of anilines is 1. The van der Waals surface area contributed by atoms with Crippen LogP contribution in [-0.4, -0.2) is 16.0 Å². The number of para-hydroxylation sites is 1. The van der Waals surface area contributed by atoms with Crippen LogP contribution in [0.3, 0.4) is 0 Å². The maximum absolute atomic E-state index is 11.7. The number of nitrogens with one attached hydrogen (secondary N) is 1. The molecule has 94 valence electrons. The predicted octanol–water partition coefficient (Wildman–Crippen LogP) is 3.15. The molecule has 0 spiro atoms. The van der Waals surface area contributed by atoms with E-state index < -0.39 is 9.70 Å². The lowest BCUT2D eigenvalue weighted by molar-refractivity contribution is 0.0981. The van der Waals surface area contributed by atoms with Gasteiger partial charge >= 0.3 is 11.8 Å². The molecule has 1 amide bonds. The normalized spacial score (nSPS) is 11.3. The highest BCUT2D eigenvalue weighted by molar-refractivity contribution is 6.66. The van der Waals surface area contributed by atoms with Gasteiger partial charge in [-0.25, -0.2) is 0 Å². The molecule has 0 atom stereocenters. The Morgan fingerprint density at radius 3 is 2.44 bits per heavy atom. The summed E-state index contributed by atoms with van der Waals surface area (Å²) in [5.41, 5.74) is 0.594. The zero-order valence-corrected chi connectivity index (χ0v) is 11.0. The van der Waals surface area contributed by atoms with Crippen molar-refractivity contribution in [3.63, 3.8) is 0 Å². The van der Waals surface area contributed by atoms with Gasteiger partial charge in [-0.2, -0.15) is 4.98 Å². The molecule has 0 radical (unpaired) electrons. The van der Waals surface area contributed by atoms with Crippen LogP contribution in [0.1, 0.15) is 16.5 Å². The highest BCUT2D eigenvalue weighted by Gasteiger charge is 2.30. The van der Waals surface area contributed by atoms with Crippen molar-refractivity contribution in [1.82, 2.24) is 10.1 Å². The molecule has 8 heteroatoms. The second-order valence-electron chi connectivity index (χ2n) is 3.24. The summed E-state index contributed by atoms with van der Waals surface area (Å²) in [4.78, 5) is 15.4. The first-order chi connectivity index (χ1) is 8.47. The maximum Gasteiger partial charge on any atom is 0.316 e. The number of aromatic nitrogens is 2. The summed E-state index contributed by atoms with van der Waals surface area (Å²) in [5, 5.41) is 5.97. The minimum Gasteiger partial charge on any atom is -0.328 e. The minimum absolute atomic E-state index is 0.189. The monoisotopic (exact) mass is 305 g/mol. The molecular formula is C10H6Cl3N3O2. The fraction of sp³-hybridized carbons (Fsp3) is 0.100. The molecule has 2 rings (SSSR count). The van der Waals surface area contributed by atoms with Crippen LogP contribution in [-0.2, 0) is 3.79 Å². The SMILES string of the molecule is O=C(Nc1ccccc1)c1nc(C(Cl)(Cl)Cl)no1. The van der Waals surface area contributed by atoms with E-state index in [-0.39, 0.29) is 11.7 Å². The average molecular weight is 307 g/mol. The average Bonchev–Trinajstić information content (AvgIpc) is 2.79. The third-order valence-electron chi connectivity index (χ3n) is 1.91. The predicted molar refractivity (Wildman–Crippen MR) is 67.9 cm³/mol. The lowest BCUT2D eigenvalue weighted by Crippen LogP contribution is -2.13. The van der Waals surface area contributed by atoms with Crippen molar-refractivity contribution >= 4 is 46.4 Å². The first kappa shape index (κ1) is 13.1. The number of amides is 1. The standard InChI is InChI=1S/C10H6Cl3N3O2/c11-10(12,13)9-15-8(18-16-9)7(17)14-6-4-2-1-3-5-6/h1-5H,(H,14,17). The Morgan fingerprint density at radius 1 is 1.22 bits per heavy atom. The first-order valence-corrected chi connectivity index (χ1v) is 5.87. The fourth-order valence-corrected chi connectivity index (χ4v) is 1.37. The quantitative estimate of drug-likeness (QED) is 0.865. The Morgan fingerprint density at radius 2 is 1.89 bits per heavy atom. The van der Waals surface area contributed by atoms with Crippen molar-refractivity contribution in [3.05, 3.63) is 42.0 Å². The van der Waals surface area contributed by atoms with Gasteiger partial charge in [0.25, 0.3) is 3.79 Å². The molecule has 0 fully saturated rings. The topological polar surface area (TPSA) is 68.0 Å². The van der Waals surface area contributed by atoms with Crippen molar-refractivity contribution in [2.45, 2.75) is 3.79 Å². The van der Waals surface area contributed by atoms with E-state index in [1.165, 1.54) is 0 Å². The van der Waals surface area contributed by atoms with E-state index in [0.717, 1.165) is 0 Å². The molecule has 0 unspecified atom stereocenters. The summed E-state index contributed by atoms with van der Waals surface area (Å²) in [6.45, 7) is 0. The Kier molecular flexibility index (Phi) is 3.75. The van der Waals surface area contributed by atoms with E-state index in [1.807, 2.05) is 6.07 Å². The molecular weight excluding hydrogens is 300 g/mol. The van der Waals surface area contributed by atoms with Crippen molar-refractivity contribution in [3.8, 4) is 0 Å². The van der Waals surface area contributed by atoms with Gasteiger partial charge in [0.15, 0.2) is 0 Å². The van der Waals surface area contributed by atoms with Crippen LogP contribution < -0.4 is 5.32 Å². The third kappa shape index (κ3) is 3.13. The lowest BCUT2D eigenvalue weighted by atomic mass is 10.3. The molecule has 0 aliphatic heterocycles. The number of carbonyl (C=O) groups excluding carboxylic acids is 1. The molecule has 18 heavy (non-hydrogen) atoms. The fourth-order valence-electron chi connectivity index (χ4n) is 1.14. The van der Waals surface area contributed by atoms with Crippen molar-refractivity contribution in [1.29, 1.82) is 0 Å². The van der Waals surface area contributed by atoms with Gasteiger partial charge in [0.2, 0.25) is 5.82 Å². The molecule has 1 aromatic heterocycles. The van der Waals surface area contributed by atoms with Crippen LogP contribution in [0.25, 0.3) is 0 Å². The lowest BCUT2D eigenvalue weighted by Gasteiger charge is -2.02. The summed E-state index contributed by atoms with van der Waals surface area (Å²) < 4.78 is 2.87. The van der Waals surface area contributed by atoms with Gasteiger partial charge in [0, 0.05) is 5.69 Å². The Hall–Kier alpha value is -1.30. The summed E-state index contributed by atoms with van der Waals surface area (Å²) in [5.74, 6) is -1.04. The molecule has 0 bridgehead atoms. The molecule has 0 aliphatic rings. The van der Waals surface area contributed by atoms with Crippen LogP contribution in [0.5, 0.6) is 0 Å². The van der Waals surface area contributed by atoms with E-state index in [4.69, 9.17) is 39.3 Å². The van der Waals surface area contributed by atoms with Gasteiger partial charge in [-0.15, -0.1) is 0 Å². The highest BCUT2D eigenvalue weighted by atomic mass is 35.6. The highest BCUT2D eigenvalue weighted by Crippen LogP contribution is 2.35. The first-order valence-electron chi connectivity index (χ1n) is 4.74. The number of alkyl halides is 3. The van der Waals surface area contributed by atoms with Gasteiger partial charge < -0.3 is 9.84 Å². The smallest absolute Gasteiger partial charge is 0.316 e. The van der Waals surface area contributed by atoms with Crippen LogP contribution in [0.4, 0.5) is 5.69 Å². The summed E-state index contributed by atoms with van der Waals surface area (Å²) >= 11 is 16.7. The Labute approximate surface area is 117 Å². The second-order valence-corrected chi connectivity index (χ2v) is 5.52. The Balaban J connectivity index is 2.13. The van der Waals surface area contributed by atoms with Crippen LogP contribution in [0, 0.1) is 0 Å². The van der Waals surface area contributed by atoms with E-state index in [2.05, 4.69) is 15.5 Å². The Bertz CT molecular complexity index is 551. The summed E-state index contributed by atoms with van der Waals surface area (Å²) in [6.07, 6.45) is 0. The number of halogens is 3. The molecule has 1 heterocycles. The summed E-state index contributed by atoms with van der Waals surface area (Å²) in [6, 6.07) is 8.80. The second kappa shape index (κ2) is 5.14. The maximum atomic E-state index is 11.7. The van der Waals surface area contributed by atoms with E-state index in [9.17, 15) is 4.79 Å². The van der Waals surface area contributed by atoms with E-state index >= 15 is 0 Å². The zero-order chi connectivity index (χ0) is 13.2. The van der Waals surface area contributed by atoms with Gasteiger partial charge in [-0.3, -0.25) is 4.79 Å². The van der Waals surface area contributed by atoms with Crippen molar-refractivity contribution in [2.75, 3.05) is 5.32 Å². The van der Waals surface area contributed by atoms with Gasteiger partial charge in [-0.1, -0.05) is 58.2 Å². The number of carbonyl (C=O) groups is 1. The number of hydrogen-bond donors (Lipinski definition) is 1. The molecule has 0 aliphatic carbocycles. The third-order valence-corrected chi connectivity index (χ3v) is 2.41. The molecule has 1 aromatic carbocycles. The van der Waals surface area contributed by atoms with Crippen LogP contribution >= 0.6 is 34.8 Å². The molecule has 0 saturated heterocycles. The molecule has 2 aromatic rings. The minimum atomic E-state index is -1.82. The van der Waals surface area contributed by atoms with Crippen LogP contribution in [0.2, 0.25) is 0 Å². The number of hydrogen-bond acceptors (Lipinski definition) is 4. The molecule has 1 N–H and O–H groups in total. The number of benzene rings is 1. The van der Waals surface area contributed by atoms with Crippen molar-refractivity contribution < 1.29 is 9.32 Å². The van der Waals surface area contributed by atoms with Crippen molar-refractivity contribution in [2.24, 2.45) is 0 Å². The number of nitrogens with zero attached hydrogens (tertiary/aromatic N) is 2. The van der Waals surface area contributed by atoms with Gasteiger partial charge in [0.1, 0.15) is 0 Å². The molecule has 5 nitrogen and oxygen atoms in total. The molecule has 0 saturated carbocycles. The van der Waals surface area contributed by atoms with E-state index in [0.29, 0.717) is 5.69 Å². The van der Waals surface area contributed by atoms with E-state index in [1.54, 1.807) is 24.3 Å². The largest absolute Gasteiger partial charge is 0.328 e. The summed E-state index contributed by atoms with van der Waals surface area (Å²) in [7, 11) is 0. The zero-order valence-electron chi connectivity index (χ0n) is 8.73. The van der Waals surface area contributed by atoms with Gasteiger partial charge in [0.05, 0.1) is 0 Å². The number of rotatable bonds is 2.